The molecule has 0 saturated carbocycles. The molecule has 1 heterocycles. The van der Waals surface area contributed by atoms with Crippen LogP contribution >= 0.6 is 0 Å². The van der Waals surface area contributed by atoms with Crippen molar-refractivity contribution in [2.24, 2.45) is 11.3 Å². The average Bonchev–Trinajstić information content (AvgIpc) is 2.34. The highest BCUT2D eigenvalue weighted by molar-refractivity contribution is 4.75. The van der Waals surface area contributed by atoms with Gasteiger partial charge in [-0.15, -0.1) is 0 Å². The SMILES string of the molecule is CC(C)C(C)(C)CNCCCCN1CCNCC1. The Morgan fingerprint density at radius 3 is 2.44 bits per heavy atom. The highest BCUT2D eigenvalue weighted by Gasteiger charge is 2.21. The molecule has 3 nitrogen and oxygen atoms in total. The highest BCUT2D eigenvalue weighted by Crippen LogP contribution is 2.24. The van der Waals surface area contributed by atoms with Crippen molar-refractivity contribution in [2.45, 2.75) is 40.5 Å². The van der Waals surface area contributed by atoms with Crippen LogP contribution in [0.3, 0.4) is 0 Å². The quantitative estimate of drug-likeness (QED) is 0.649. The van der Waals surface area contributed by atoms with Gasteiger partial charge >= 0.3 is 0 Å². The predicted molar refractivity (Wildman–Crippen MR) is 80.0 cm³/mol. The van der Waals surface area contributed by atoms with Crippen molar-refractivity contribution >= 4 is 0 Å². The third-order valence-electron chi connectivity index (χ3n) is 4.43. The Morgan fingerprint density at radius 1 is 1.17 bits per heavy atom. The zero-order valence-electron chi connectivity index (χ0n) is 12.9. The standard InChI is InChI=1S/C15H33N3/c1-14(2)15(3,4)13-17-7-5-6-10-18-11-8-16-9-12-18/h14,16-17H,5-13H2,1-4H3. The fourth-order valence-corrected chi connectivity index (χ4v) is 2.13. The van der Waals surface area contributed by atoms with Gasteiger partial charge in [0.25, 0.3) is 0 Å². The summed E-state index contributed by atoms with van der Waals surface area (Å²) >= 11 is 0. The van der Waals surface area contributed by atoms with Crippen LogP contribution in [0.2, 0.25) is 0 Å². The number of hydrogen-bond donors (Lipinski definition) is 2. The van der Waals surface area contributed by atoms with E-state index >= 15 is 0 Å². The zero-order valence-corrected chi connectivity index (χ0v) is 12.9. The van der Waals surface area contributed by atoms with Gasteiger partial charge in [-0.1, -0.05) is 27.7 Å². The lowest BCUT2D eigenvalue weighted by Gasteiger charge is -2.30. The number of nitrogens with one attached hydrogen (secondary N) is 2. The van der Waals surface area contributed by atoms with Gasteiger partial charge in [0.2, 0.25) is 0 Å². The van der Waals surface area contributed by atoms with Crippen LogP contribution in [0.25, 0.3) is 0 Å². The monoisotopic (exact) mass is 255 g/mol. The van der Waals surface area contributed by atoms with Crippen LogP contribution in [0.5, 0.6) is 0 Å². The number of hydrogen-bond acceptors (Lipinski definition) is 3. The molecule has 0 bridgehead atoms. The number of nitrogens with zero attached hydrogens (tertiary/aromatic N) is 1. The van der Waals surface area contributed by atoms with Crippen LogP contribution in [0.4, 0.5) is 0 Å². The Kier molecular flexibility index (Phi) is 7.20. The molecular formula is C15H33N3. The van der Waals surface area contributed by atoms with Gasteiger partial charge in [0, 0.05) is 32.7 Å². The maximum atomic E-state index is 3.61. The summed E-state index contributed by atoms with van der Waals surface area (Å²) in [5, 5.41) is 7.01. The molecule has 0 aliphatic carbocycles. The minimum absolute atomic E-state index is 0.415. The van der Waals surface area contributed by atoms with E-state index < -0.39 is 0 Å². The predicted octanol–water partition coefficient (Wildman–Crippen LogP) is 1.94. The van der Waals surface area contributed by atoms with Crippen LogP contribution in [0.1, 0.15) is 40.5 Å². The first kappa shape index (κ1) is 15.9. The van der Waals surface area contributed by atoms with E-state index in [4.69, 9.17) is 0 Å². The second kappa shape index (κ2) is 8.13. The molecule has 1 aliphatic heterocycles. The molecule has 0 aromatic rings. The molecule has 0 aromatic heterocycles. The smallest absolute Gasteiger partial charge is 0.0107 e. The molecule has 0 aromatic carbocycles. The van der Waals surface area contributed by atoms with Crippen molar-refractivity contribution in [1.29, 1.82) is 0 Å². The van der Waals surface area contributed by atoms with Crippen molar-refractivity contribution in [1.82, 2.24) is 15.5 Å². The Hall–Kier alpha value is -0.120. The fraction of sp³-hybridized carbons (Fsp3) is 1.00. The first-order valence-electron chi connectivity index (χ1n) is 7.66. The summed E-state index contributed by atoms with van der Waals surface area (Å²) in [6, 6.07) is 0. The molecule has 1 fully saturated rings. The molecule has 0 unspecified atom stereocenters. The second-order valence-corrected chi connectivity index (χ2v) is 6.62. The topological polar surface area (TPSA) is 27.3 Å². The van der Waals surface area contributed by atoms with Gasteiger partial charge in [-0.2, -0.15) is 0 Å². The van der Waals surface area contributed by atoms with Crippen molar-refractivity contribution in [3.05, 3.63) is 0 Å². The van der Waals surface area contributed by atoms with E-state index in [9.17, 15) is 0 Å². The lowest BCUT2D eigenvalue weighted by atomic mass is 9.81. The number of unbranched alkanes of at least 4 members (excludes halogenated alkanes) is 1. The van der Waals surface area contributed by atoms with Crippen LogP contribution in [-0.4, -0.2) is 50.7 Å². The van der Waals surface area contributed by atoms with Crippen LogP contribution in [0.15, 0.2) is 0 Å². The van der Waals surface area contributed by atoms with Gasteiger partial charge in [0.15, 0.2) is 0 Å². The van der Waals surface area contributed by atoms with Crippen LogP contribution < -0.4 is 10.6 Å². The van der Waals surface area contributed by atoms with Crippen molar-refractivity contribution in [3.8, 4) is 0 Å². The second-order valence-electron chi connectivity index (χ2n) is 6.62. The van der Waals surface area contributed by atoms with E-state index in [0.29, 0.717) is 5.41 Å². The summed E-state index contributed by atoms with van der Waals surface area (Å²) in [5.74, 6) is 0.742. The van der Waals surface area contributed by atoms with E-state index in [1.165, 1.54) is 52.1 Å². The first-order chi connectivity index (χ1) is 8.52. The van der Waals surface area contributed by atoms with Gasteiger partial charge < -0.3 is 15.5 Å². The average molecular weight is 255 g/mol. The number of piperazine rings is 1. The molecule has 2 N–H and O–H groups in total. The van der Waals surface area contributed by atoms with Gasteiger partial charge in [0.1, 0.15) is 0 Å². The largest absolute Gasteiger partial charge is 0.316 e. The van der Waals surface area contributed by atoms with Crippen molar-refractivity contribution in [3.63, 3.8) is 0 Å². The lowest BCUT2D eigenvalue weighted by molar-refractivity contribution is 0.228. The maximum Gasteiger partial charge on any atom is 0.0107 e. The van der Waals surface area contributed by atoms with Crippen molar-refractivity contribution < 1.29 is 0 Å². The summed E-state index contributed by atoms with van der Waals surface area (Å²) in [6.45, 7) is 17.7. The fourth-order valence-electron chi connectivity index (χ4n) is 2.13. The zero-order chi connectivity index (χ0) is 13.4. The van der Waals surface area contributed by atoms with Gasteiger partial charge in [0.05, 0.1) is 0 Å². The molecule has 0 atom stereocenters. The minimum atomic E-state index is 0.415. The molecule has 0 spiro atoms. The Morgan fingerprint density at radius 2 is 1.83 bits per heavy atom. The third kappa shape index (κ3) is 6.17. The molecule has 18 heavy (non-hydrogen) atoms. The molecule has 108 valence electrons. The van der Waals surface area contributed by atoms with E-state index in [0.717, 1.165) is 12.5 Å². The minimum Gasteiger partial charge on any atom is -0.316 e. The molecule has 0 radical (unpaired) electrons. The van der Waals surface area contributed by atoms with E-state index in [-0.39, 0.29) is 0 Å². The van der Waals surface area contributed by atoms with Gasteiger partial charge in [-0.05, 0) is 37.3 Å². The maximum absolute atomic E-state index is 3.61. The Bertz CT molecular complexity index is 208. The first-order valence-corrected chi connectivity index (χ1v) is 7.66. The normalized spacial score (nSPS) is 18.5. The molecule has 0 amide bonds. The molecule has 1 aliphatic rings. The Balaban J connectivity index is 1.95. The lowest BCUT2D eigenvalue weighted by Crippen LogP contribution is -2.43. The van der Waals surface area contributed by atoms with Crippen LogP contribution in [-0.2, 0) is 0 Å². The summed E-state index contributed by atoms with van der Waals surface area (Å²) in [5.41, 5.74) is 0.415. The van der Waals surface area contributed by atoms with Gasteiger partial charge in [-0.3, -0.25) is 0 Å². The summed E-state index contributed by atoms with van der Waals surface area (Å²) in [6.07, 6.45) is 2.63. The molecule has 1 saturated heterocycles. The van der Waals surface area contributed by atoms with E-state index in [2.05, 4.69) is 43.2 Å². The number of rotatable bonds is 8. The summed E-state index contributed by atoms with van der Waals surface area (Å²) in [7, 11) is 0. The molecule has 1 rings (SSSR count). The van der Waals surface area contributed by atoms with Crippen molar-refractivity contribution in [2.75, 3.05) is 45.8 Å². The summed E-state index contributed by atoms with van der Waals surface area (Å²) in [4.78, 5) is 2.58. The van der Waals surface area contributed by atoms with E-state index in [1.54, 1.807) is 0 Å². The Labute approximate surface area is 114 Å². The molecule has 3 heteroatoms. The summed E-state index contributed by atoms with van der Waals surface area (Å²) < 4.78 is 0. The molecular weight excluding hydrogens is 222 g/mol. The van der Waals surface area contributed by atoms with Gasteiger partial charge in [-0.25, -0.2) is 0 Å². The van der Waals surface area contributed by atoms with E-state index in [1.807, 2.05) is 0 Å². The highest BCUT2D eigenvalue weighted by atomic mass is 15.2. The third-order valence-corrected chi connectivity index (χ3v) is 4.43. The van der Waals surface area contributed by atoms with Crippen LogP contribution in [0, 0.1) is 11.3 Å².